The summed E-state index contributed by atoms with van der Waals surface area (Å²) in [5.41, 5.74) is 2.28. The van der Waals surface area contributed by atoms with Gasteiger partial charge in [-0.2, -0.15) is 0 Å². The SMILES string of the molecule is Cc1nccn1-c1ccc([C@H](C)NCC(=O)N2CCC(C)CC2)cc1. The van der Waals surface area contributed by atoms with Crippen LogP contribution in [-0.2, 0) is 4.79 Å². The summed E-state index contributed by atoms with van der Waals surface area (Å²) in [4.78, 5) is 18.6. The average molecular weight is 340 g/mol. The largest absolute Gasteiger partial charge is 0.342 e. The maximum Gasteiger partial charge on any atom is 0.236 e. The van der Waals surface area contributed by atoms with Gasteiger partial charge in [0.15, 0.2) is 0 Å². The Morgan fingerprint density at radius 1 is 1.28 bits per heavy atom. The molecule has 5 nitrogen and oxygen atoms in total. The highest BCUT2D eigenvalue weighted by molar-refractivity contribution is 5.78. The molecule has 1 N–H and O–H groups in total. The van der Waals surface area contributed by atoms with Gasteiger partial charge >= 0.3 is 0 Å². The lowest BCUT2D eigenvalue weighted by Crippen LogP contribution is -2.43. The number of rotatable bonds is 5. The van der Waals surface area contributed by atoms with E-state index in [0.29, 0.717) is 6.54 Å². The van der Waals surface area contributed by atoms with Crippen LogP contribution in [0, 0.1) is 12.8 Å². The van der Waals surface area contributed by atoms with Gasteiger partial charge in [0, 0.05) is 37.2 Å². The number of likely N-dealkylation sites (tertiary alicyclic amines) is 1. The predicted octanol–water partition coefficient (Wildman–Crippen LogP) is 3.09. The second kappa shape index (κ2) is 7.83. The monoisotopic (exact) mass is 340 g/mol. The zero-order valence-electron chi connectivity index (χ0n) is 15.4. The van der Waals surface area contributed by atoms with Gasteiger partial charge in [0.1, 0.15) is 5.82 Å². The quantitative estimate of drug-likeness (QED) is 0.910. The van der Waals surface area contributed by atoms with Crippen molar-refractivity contribution in [3.8, 4) is 5.69 Å². The topological polar surface area (TPSA) is 50.2 Å². The van der Waals surface area contributed by atoms with Gasteiger partial charge in [0.2, 0.25) is 5.91 Å². The molecule has 25 heavy (non-hydrogen) atoms. The van der Waals surface area contributed by atoms with E-state index in [0.717, 1.165) is 43.4 Å². The summed E-state index contributed by atoms with van der Waals surface area (Å²) in [6, 6.07) is 8.55. The summed E-state index contributed by atoms with van der Waals surface area (Å²) in [6.07, 6.45) is 6.01. The van der Waals surface area contributed by atoms with Crippen molar-refractivity contribution in [3.63, 3.8) is 0 Å². The number of aryl methyl sites for hydroxylation is 1. The van der Waals surface area contributed by atoms with Gasteiger partial charge in [0.05, 0.1) is 6.54 Å². The van der Waals surface area contributed by atoms with Crippen LogP contribution in [0.4, 0.5) is 0 Å². The second-order valence-electron chi connectivity index (χ2n) is 7.10. The van der Waals surface area contributed by atoms with Crippen molar-refractivity contribution in [3.05, 3.63) is 48.0 Å². The molecule has 0 radical (unpaired) electrons. The summed E-state index contributed by atoms with van der Waals surface area (Å²) < 4.78 is 2.06. The number of nitrogens with zero attached hydrogens (tertiary/aromatic N) is 3. The molecule has 1 atom stereocenters. The van der Waals surface area contributed by atoms with Crippen molar-refractivity contribution in [1.82, 2.24) is 19.8 Å². The zero-order valence-corrected chi connectivity index (χ0v) is 15.4. The zero-order chi connectivity index (χ0) is 17.8. The highest BCUT2D eigenvalue weighted by Crippen LogP contribution is 2.18. The summed E-state index contributed by atoms with van der Waals surface area (Å²) in [5.74, 6) is 1.93. The second-order valence-corrected chi connectivity index (χ2v) is 7.10. The minimum absolute atomic E-state index is 0.144. The highest BCUT2D eigenvalue weighted by Gasteiger charge is 2.20. The standard InChI is InChI=1S/C20H28N4O/c1-15-8-11-23(12-9-15)20(25)14-22-16(2)18-4-6-19(7-5-18)24-13-10-21-17(24)3/h4-7,10,13,15-16,22H,8-9,11-12,14H2,1-3H3/t16-/m0/s1. The van der Waals surface area contributed by atoms with E-state index in [4.69, 9.17) is 0 Å². The van der Waals surface area contributed by atoms with Gasteiger partial charge in [-0.25, -0.2) is 4.98 Å². The van der Waals surface area contributed by atoms with Crippen LogP contribution in [0.15, 0.2) is 36.7 Å². The molecule has 3 rings (SSSR count). The third kappa shape index (κ3) is 4.28. The number of hydrogen-bond acceptors (Lipinski definition) is 3. The molecule has 1 saturated heterocycles. The third-order valence-electron chi connectivity index (χ3n) is 5.19. The fourth-order valence-corrected chi connectivity index (χ4v) is 3.30. The summed E-state index contributed by atoms with van der Waals surface area (Å²) in [7, 11) is 0. The Morgan fingerprint density at radius 3 is 2.56 bits per heavy atom. The fraction of sp³-hybridized carbons (Fsp3) is 0.500. The summed E-state index contributed by atoms with van der Waals surface area (Å²) in [5, 5.41) is 3.36. The van der Waals surface area contributed by atoms with E-state index in [1.807, 2.05) is 18.0 Å². The molecule has 1 aromatic carbocycles. The lowest BCUT2D eigenvalue weighted by atomic mass is 9.99. The first-order valence-corrected chi connectivity index (χ1v) is 9.16. The molecule has 1 aromatic heterocycles. The molecule has 1 aliphatic rings. The molecular weight excluding hydrogens is 312 g/mol. The minimum atomic E-state index is 0.144. The molecule has 0 unspecified atom stereocenters. The first kappa shape index (κ1) is 17.7. The Balaban J connectivity index is 1.54. The molecule has 134 valence electrons. The van der Waals surface area contributed by atoms with E-state index in [1.165, 1.54) is 5.56 Å². The molecule has 2 aromatic rings. The normalized spacial score (nSPS) is 16.8. The lowest BCUT2D eigenvalue weighted by Gasteiger charge is -2.30. The van der Waals surface area contributed by atoms with Crippen molar-refractivity contribution in [2.24, 2.45) is 5.92 Å². The molecule has 1 fully saturated rings. The van der Waals surface area contributed by atoms with E-state index < -0.39 is 0 Å². The van der Waals surface area contributed by atoms with Crippen molar-refractivity contribution in [1.29, 1.82) is 0 Å². The van der Waals surface area contributed by atoms with Gasteiger partial charge in [-0.3, -0.25) is 4.79 Å². The van der Waals surface area contributed by atoms with Gasteiger partial charge in [-0.05, 0) is 50.3 Å². The number of amides is 1. The maximum atomic E-state index is 12.3. The molecule has 0 bridgehead atoms. The molecule has 1 aliphatic heterocycles. The highest BCUT2D eigenvalue weighted by atomic mass is 16.2. The Labute approximate surface area is 150 Å². The molecule has 0 saturated carbocycles. The molecular formula is C20H28N4O. The number of carbonyl (C=O) groups excluding carboxylic acids is 1. The van der Waals surface area contributed by atoms with Gasteiger partial charge in [0.25, 0.3) is 0 Å². The molecule has 0 aliphatic carbocycles. The van der Waals surface area contributed by atoms with Crippen LogP contribution in [0.25, 0.3) is 5.69 Å². The number of nitrogens with one attached hydrogen (secondary N) is 1. The van der Waals surface area contributed by atoms with Crippen molar-refractivity contribution in [2.45, 2.75) is 39.7 Å². The van der Waals surface area contributed by atoms with E-state index >= 15 is 0 Å². The number of benzene rings is 1. The van der Waals surface area contributed by atoms with E-state index in [1.54, 1.807) is 6.20 Å². The van der Waals surface area contributed by atoms with Crippen LogP contribution in [0.2, 0.25) is 0 Å². The predicted molar refractivity (Wildman–Crippen MR) is 99.7 cm³/mol. The van der Waals surface area contributed by atoms with E-state index in [2.05, 4.69) is 53.0 Å². The Kier molecular flexibility index (Phi) is 5.53. The third-order valence-corrected chi connectivity index (χ3v) is 5.19. The first-order chi connectivity index (χ1) is 12.0. The molecule has 2 heterocycles. The van der Waals surface area contributed by atoms with Crippen molar-refractivity contribution >= 4 is 5.91 Å². The first-order valence-electron chi connectivity index (χ1n) is 9.16. The summed E-state index contributed by atoms with van der Waals surface area (Å²) in [6.45, 7) is 8.55. The van der Waals surface area contributed by atoms with Crippen molar-refractivity contribution in [2.75, 3.05) is 19.6 Å². The number of hydrogen-bond donors (Lipinski definition) is 1. The minimum Gasteiger partial charge on any atom is -0.342 e. The van der Waals surface area contributed by atoms with E-state index in [9.17, 15) is 4.79 Å². The smallest absolute Gasteiger partial charge is 0.236 e. The number of aromatic nitrogens is 2. The van der Waals surface area contributed by atoms with Crippen LogP contribution in [0.3, 0.4) is 0 Å². The average Bonchev–Trinajstić information content (AvgIpc) is 3.06. The molecule has 5 heteroatoms. The number of carbonyl (C=O) groups is 1. The Hall–Kier alpha value is -2.14. The molecule has 1 amide bonds. The van der Waals surface area contributed by atoms with Crippen LogP contribution < -0.4 is 5.32 Å². The Bertz CT molecular complexity index is 699. The summed E-state index contributed by atoms with van der Waals surface area (Å²) >= 11 is 0. The van der Waals surface area contributed by atoms with Crippen LogP contribution >= 0.6 is 0 Å². The number of imidazole rings is 1. The van der Waals surface area contributed by atoms with Crippen LogP contribution in [0.5, 0.6) is 0 Å². The fourth-order valence-electron chi connectivity index (χ4n) is 3.30. The Morgan fingerprint density at radius 2 is 1.96 bits per heavy atom. The van der Waals surface area contributed by atoms with E-state index in [-0.39, 0.29) is 11.9 Å². The number of piperidine rings is 1. The van der Waals surface area contributed by atoms with Crippen LogP contribution in [0.1, 0.15) is 44.1 Å². The van der Waals surface area contributed by atoms with Crippen LogP contribution in [-0.4, -0.2) is 40.0 Å². The van der Waals surface area contributed by atoms with Gasteiger partial charge < -0.3 is 14.8 Å². The van der Waals surface area contributed by atoms with Gasteiger partial charge in [-0.15, -0.1) is 0 Å². The molecule has 0 spiro atoms. The van der Waals surface area contributed by atoms with Crippen molar-refractivity contribution < 1.29 is 4.79 Å². The lowest BCUT2D eigenvalue weighted by molar-refractivity contribution is -0.131. The maximum absolute atomic E-state index is 12.3. The van der Waals surface area contributed by atoms with Gasteiger partial charge in [-0.1, -0.05) is 19.1 Å².